The minimum Gasteiger partial charge on any atom is -0.333 e. The molecule has 0 saturated heterocycles. The molecule has 0 radical (unpaired) electrons. The molecule has 1 atom stereocenters. The number of hydrogen-bond donors (Lipinski definition) is 1. The molecule has 2 heterocycles. The molecule has 1 aromatic rings. The van der Waals surface area contributed by atoms with E-state index in [4.69, 9.17) is 5.73 Å². The van der Waals surface area contributed by atoms with Gasteiger partial charge in [0.15, 0.2) is 0 Å². The molecule has 0 saturated carbocycles. The van der Waals surface area contributed by atoms with Crippen molar-refractivity contribution in [3.05, 3.63) is 18.2 Å². The Bertz CT molecular complexity index is 341. The van der Waals surface area contributed by atoms with Gasteiger partial charge in [-0.1, -0.05) is 13.8 Å². The molecule has 1 unspecified atom stereocenters. The molecule has 16 heavy (non-hydrogen) atoms. The first-order chi connectivity index (χ1) is 7.67. The van der Waals surface area contributed by atoms with Crippen LogP contribution in [-0.4, -0.2) is 34.1 Å². The molecule has 0 fully saturated rings. The predicted octanol–water partition coefficient (Wildman–Crippen LogP) is 1.07. The number of aromatic nitrogens is 2. The van der Waals surface area contributed by atoms with Gasteiger partial charge in [-0.15, -0.1) is 0 Å². The van der Waals surface area contributed by atoms with E-state index in [9.17, 15) is 0 Å². The third-order valence-electron chi connectivity index (χ3n) is 3.78. The number of imidazole rings is 1. The van der Waals surface area contributed by atoms with E-state index in [0.717, 1.165) is 39.1 Å². The van der Waals surface area contributed by atoms with E-state index in [0.29, 0.717) is 0 Å². The molecule has 1 aliphatic heterocycles. The predicted molar refractivity (Wildman–Crippen MR) is 65.0 cm³/mol. The van der Waals surface area contributed by atoms with E-state index in [-0.39, 0.29) is 5.41 Å². The van der Waals surface area contributed by atoms with Crippen molar-refractivity contribution in [2.45, 2.75) is 33.4 Å². The Morgan fingerprint density at radius 1 is 1.50 bits per heavy atom. The van der Waals surface area contributed by atoms with Crippen LogP contribution >= 0.6 is 0 Å². The van der Waals surface area contributed by atoms with Crippen molar-refractivity contribution < 1.29 is 0 Å². The molecule has 1 aromatic heterocycles. The number of hydrogen-bond acceptors (Lipinski definition) is 3. The number of rotatable bonds is 4. The summed E-state index contributed by atoms with van der Waals surface area (Å²) in [6, 6.07) is 0. The average Bonchev–Trinajstić information content (AvgIpc) is 2.76. The van der Waals surface area contributed by atoms with Crippen LogP contribution in [0.25, 0.3) is 0 Å². The zero-order chi connectivity index (χ0) is 11.6. The van der Waals surface area contributed by atoms with Crippen LogP contribution in [0.1, 0.15) is 26.1 Å². The van der Waals surface area contributed by atoms with Gasteiger partial charge in [0.1, 0.15) is 5.82 Å². The Balaban J connectivity index is 1.99. The second kappa shape index (κ2) is 4.55. The fourth-order valence-electron chi connectivity index (χ4n) is 2.22. The summed E-state index contributed by atoms with van der Waals surface area (Å²) in [5, 5.41) is 0. The van der Waals surface area contributed by atoms with Crippen LogP contribution in [0, 0.1) is 5.41 Å². The maximum atomic E-state index is 5.86. The second-order valence-electron chi connectivity index (χ2n) is 5.12. The summed E-state index contributed by atoms with van der Waals surface area (Å²) >= 11 is 0. The fraction of sp³-hybridized carbons (Fsp3) is 0.750. The Morgan fingerprint density at radius 3 is 3.00 bits per heavy atom. The van der Waals surface area contributed by atoms with Crippen molar-refractivity contribution in [2.24, 2.45) is 11.1 Å². The maximum absolute atomic E-state index is 5.86. The smallest absolute Gasteiger partial charge is 0.122 e. The van der Waals surface area contributed by atoms with Crippen LogP contribution in [0.15, 0.2) is 12.4 Å². The van der Waals surface area contributed by atoms with Crippen LogP contribution in [0.2, 0.25) is 0 Å². The molecule has 4 nitrogen and oxygen atoms in total. The van der Waals surface area contributed by atoms with Crippen LogP contribution in [0.5, 0.6) is 0 Å². The molecule has 0 bridgehead atoms. The van der Waals surface area contributed by atoms with Crippen LogP contribution in [0.3, 0.4) is 0 Å². The third kappa shape index (κ3) is 2.28. The monoisotopic (exact) mass is 222 g/mol. The summed E-state index contributed by atoms with van der Waals surface area (Å²) in [6.07, 6.45) is 5.09. The first-order valence-electron chi connectivity index (χ1n) is 6.09. The van der Waals surface area contributed by atoms with E-state index >= 15 is 0 Å². The fourth-order valence-corrected chi connectivity index (χ4v) is 2.22. The van der Waals surface area contributed by atoms with Gasteiger partial charge < -0.3 is 10.3 Å². The third-order valence-corrected chi connectivity index (χ3v) is 3.78. The van der Waals surface area contributed by atoms with E-state index in [1.165, 1.54) is 5.82 Å². The minimum atomic E-state index is 0.245. The van der Waals surface area contributed by atoms with Gasteiger partial charge in [0.25, 0.3) is 0 Å². The topological polar surface area (TPSA) is 47.1 Å². The SMILES string of the molecule is CCC(C)(CN)CN1CCn2ccnc2C1. The minimum absolute atomic E-state index is 0.245. The van der Waals surface area contributed by atoms with E-state index in [1.807, 2.05) is 6.20 Å². The van der Waals surface area contributed by atoms with Crippen LogP contribution < -0.4 is 5.73 Å². The van der Waals surface area contributed by atoms with Crippen molar-refractivity contribution >= 4 is 0 Å². The van der Waals surface area contributed by atoms with Gasteiger partial charge in [-0.25, -0.2) is 4.98 Å². The van der Waals surface area contributed by atoms with E-state index in [2.05, 4.69) is 34.5 Å². The molecule has 0 aliphatic carbocycles. The highest BCUT2D eigenvalue weighted by Gasteiger charge is 2.26. The molecule has 4 heteroatoms. The highest BCUT2D eigenvalue weighted by Crippen LogP contribution is 2.23. The Morgan fingerprint density at radius 2 is 2.31 bits per heavy atom. The lowest BCUT2D eigenvalue weighted by Crippen LogP contribution is -2.43. The Hall–Kier alpha value is -0.870. The zero-order valence-corrected chi connectivity index (χ0v) is 10.3. The summed E-state index contributed by atoms with van der Waals surface area (Å²) in [6.45, 7) is 9.45. The highest BCUT2D eigenvalue weighted by molar-refractivity contribution is 4.96. The molecule has 0 aromatic carbocycles. The lowest BCUT2D eigenvalue weighted by Gasteiger charge is -2.36. The van der Waals surface area contributed by atoms with Gasteiger partial charge >= 0.3 is 0 Å². The van der Waals surface area contributed by atoms with E-state index < -0.39 is 0 Å². The zero-order valence-electron chi connectivity index (χ0n) is 10.3. The van der Waals surface area contributed by atoms with Crippen molar-refractivity contribution in [3.8, 4) is 0 Å². The van der Waals surface area contributed by atoms with Crippen molar-refractivity contribution in [2.75, 3.05) is 19.6 Å². The van der Waals surface area contributed by atoms with Gasteiger partial charge in [-0.3, -0.25) is 4.90 Å². The van der Waals surface area contributed by atoms with Crippen molar-refractivity contribution in [3.63, 3.8) is 0 Å². The van der Waals surface area contributed by atoms with Gasteiger partial charge in [0, 0.05) is 32.0 Å². The van der Waals surface area contributed by atoms with Crippen LogP contribution in [-0.2, 0) is 13.1 Å². The normalized spacial score (nSPS) is 20.4. The lowest BCUT2D eigenvalue weighted by molar-refractivity contribution is 0.134. The Kier molecular flexibility index (Phi) is 3.30. The van der Waals surface area contributed by atoms with Gasteiger partial charge in [-0.2, -0.15) is 0 Å². The lowest BCUT2D eigenvalue weighted by atomic mass is 9.87. The van der Waals surface area contributed by atoms with Crippen LogP contribution in [0.4, 0.5) is 0 Å². The molecule has 90 valence electrons. The summed E-state index contributed by atoms with van der Waals surface area (Å²) in [7, 11) is 0. The average molecular weight is 222 g/mol. The van der Waals surface area contributed by atoms with Gasteiger partial charge in [0.05, 0.1) is 6.54 Å². The Labute approximate surface area is 97.4 Å². The molecule has 0 spiro atoms. The largest absolute Gasteiger partial charge is 0.333 e. The summed E-state index contributed by atoms with van der Waals surface area (Å²) in [5.41, 5.74) is 6.11. The number of nitrogens with two attached hydrogens (primary N) is 1. The molecule has 2 rings (SSSR count). The summed E-state index contributed by atoms with van der Waals surface area (Å²) in [5.74, 6) is 1.18. The highest BCUT2D eigenvalue weighted by atomic mass is 15.2. The first-order valence-corrected chi connectivity index (χ1v) is 6.09. The first kappa shape index (κ1) is 11.6. The summed E-state index contributed by atoms with van der Waals surface area (Å²) in [4.78, 5) is 6.85. The van der Waals surface area contributed by atoms with Crippen molar-refractivity contribution in [1.82, 2.24) is 14.5 Å². The molecule has 2 N–H and O–H groups in total. The quantitative estimate of drug-likeness (QED) is 0.829. The van der Waals surface area contributed by atoms with Gasteiger partial charge in [0.2, 0.25) is 0 Å². The number of fused-ring (bicyclic) bond motifs is 1. The molecular weight excluding hydrogens is 200 g/mol. The standard InChI is InChI=1S/C12H22N4/c1-3-12(2,9-13)10-15-6-7-16-5-4-14-11(16)8-15/h4-5H,3,6-10,13H2,1-2H3. The van der Waals surface area contributed by atoms with E-state index in [1.54, 1.807) is 0 Å². The maximum Gasteiger partial charge on any atom is 0.122 e. The van der Waals surface area contributed by atoms with Crippen molar-refractivity contribution in [1.29, 1.82) is 0 Å². The summed E-state index contributed by atoms with van der Waals surface area (Å²) < 4.78 is 2.24. The second-order valence-corrected chi connectivity index (χ2v) is 5.12. The molecule has 0 amide bonds. The molecular formula is C12H22N4. The number of nitrogens with zero attached hydrogens (tertiary/aromatic N) is 3. The molecule has 1 aliphatic rings. The van der Waals surface area contributed by atoms with Gasteiger partial charge in [-0.05, 0) is 18.4 Å².